The van der Waals surface area contributed by atoms with Crippen LogP contribution in [-0.2, 0) is 9.22 Å². The Morgan fingerprint density at radius 1 is 1.19 bits per heavy atom. The van der Waals surface area contributed by atoms with Gasteiger partial charge in [-0.25, -0.2) is 0 Å². The van der Waals surface area contributed by atoms with E-state index in [0.29, 0.717) is 6.42 Å². The quantitative estimate of drug-likeness (QED) is 0.541. The van der Waals surface area contributed by atoms with Gasteiger partial charge in [0.25, 0.3) is 0 Å². The first-order valence-corrected chi connectivity index (χ1v) is 12.6. The van der Waals surface area contributed by atoms with Gasteiger partial charge in [0, 0.05) is 5.03 Å². The molecule has 2 atom stereocenters. The zero-order chi connectivity index (χ0) is 20.8. The molecule has 0 radical (unpaired) electrons. The van der Waals surface area contributed by atoms with Gasteiger partial charge >= 0.3 is 0 Å². The van der Waals surface area contributed by atoms with Gasteiger partial charge in [0.15, 0.2) is 8.32 Å². The number of nitrogens with one attached hydrogen (secondary N) is 1. The molecule has 0 aromatic rings. The summed E-state index contributed by atoms with van der Waals surface area (Å²) < 4.78 is 6.51. The number of allylic oxidation sites excluding steroid dienone is 1. The Kier molecular flexibility index (Phi) is 9.83. The number of carbonyl (C=O) groups is 1. The minimum absolute atomic E-state index is 0.0361. The smallest absolute Gasteiger partial charge is 0.241 e. The van der Waals surface area contributed by atoms with E-state index in [1.807, 2.05) is 39.8 Å². The lowest BCUT2D eigenvalue weighted by molar-refractivity contribution is -0.123. The average Bonchev–Trinajstić information content (AvgIpc) is 2.45. The molecule has 0 saturated carbocycles. The first kappa shape index (κ1) is 25.4. The minimum atomic E-state index is -1.88. The molecule has 0 aromatic carbocycles. The maximum absolute atomic E-state index is 12.1. The molecule has 152 valence electrons. The van der Waals surface area contributed by atoms with E-state index < -0.39 is 14.4 Å². The van der Waals surface area contributed by atoms with Crippen LogP contribution in [0.4, 0.5) is 0 Å². The second-order valence-corrected chi connectivity index (χ2v) is 14.9. The van der Waals surface area contributed by atoms with E-state index in [0.717, 1.165) is 11.5 Å². The van der Waals surface area contributed by atoms with Crippen LogP contribution < -0.4 is 11.1 Å². The van der Waals surface area contributed by atoms with E-state index in [9.17, 15) is 4.79 Å². The van der Waals surface area contributed by atoms with Crippen LogP contribution in [0.25, 0.3) is 0 Å². The van der Waals surface area contributed by atoms with E-state index in [1.165, 1.54) is 0 Å². The van der Waals surface area contributed by atoms with Gasteiger partial charge in [-0.1, -0.05) is 65.3 Å². The first-order chi connectivity index (χ1) is 11.6. The van der Waals surface area contributed by atoms with Crippen molar-refractivity contribution in [2.24, 2.45) is 11.1 Å². The van der Waals surface area contributed by atoms with Gasteiger partial charge < -0.3 is 15.5 Å². The van der Waals surface area contributed by atoms with Gasteiger partial charge in [0.2, 0.25) is 5.91 Å². The first-order valence-electron chi connectivity index (χ1n) is 9.29. The van der Waals surface area contributed by atoms with E-state index >= 15 is 0 Å². The number of amides is 1. The number of nitrogens with two attached hydrogens (primary N) is 1. The van der Waals surface area contributed by atoms with E-state index in [1.54, 1.807) is 6.20 Å². The molecule has 26 heavy (non-hydrogen) atoms. The van der Waals surface area contributed by atoms with E-state index in [2.05, 4.69) is 39.2 Å². The molecule has 0 aliphatic carbocycles. The highest BCUT2D eigenvalue weighted by Gasteiger charge is 2.38. The molecule has 0 rings (SSSR count). The van der Waals surface area contributed by atoms with Crippen LogP contribution in [-0.4, -0.2) is 26.4 Å². The highest BCUT2D eigenvalue weighted by atomic mass is 35.5. The fraction of sp³-hybridized carbons (Fsp3) is 0.750. The molecule has 0 spiro atoms. The Balaban J connectivity index is 4.89. The van der Waals surface area contributed by atoms with Crippen LogP contribution in [0.1, 0.15) is 61.3 Å². The van der Waals surface area contributed by atoms with E-state index in [4.69, 9.17) is 21.8 Å². The van der Waals surface area contributed by atoms with Crippen molar-refractivity contribution in [1.82, 2.24) is 5.32 Å². The number of hydrogen-bond acceptors (Lipinski definition) is 3. The van der Waals surface area contributed by atoms with Crippen molar-refractivity contribution in [1.29, 1.82) is 0 Å². The van der Waals surface area contributed by atoms with Crippen molar-refractivity contribution >= 4 is 25.8 Å². The summed E-state index contributed by atoms with van der Waals surface area (Å²) in [5.74, 6) is -0.174. The van der Waals surface area contributed by atoms with Crippen molar-refractivity contribution in [2.75, 3.05) is 0 Å². The molecular formula is C20H39ClN2O2Si. The molecule has 0 fully saturated rings. The predicted octanol–water partition coefficient (Wildman–Crippen LogP) is 5.30. The van der Waals surface area contributed by atoms with Gasteiger partial charge in [-0.3, -0.25) is 4.79 Å². The van der Waals surface area contributed by atoms with Crippen molar-refractivity contribution < 1.29 is 9.22 Å². The molecule has 4 nitrogen and oxygen atoms in total. The second kappa shape index (κ2) is 10.1. The summed E-state index contributed by atoms with van der Waals surface area (Å²) in [7, 11) is -1.88. The monoisotopic (exact) mass is 402 g/mol. The fourth-order valence-electron chi connectivity index (χ4n) is 1.92. The highest BCUT2D eigenvalue weighted by Crippen LogP contribution is 2.38. The lowest BCUT2D eigenvalue weighted by Gasteiger charge is -2.39. The topological polar surface area (TPSA) is 64.4 Å². The van der Waals surface area contributed by atoms with Crippen LogP contribution in [0.15, 0.2) is 23.4 Å². The number of halogens is 1. The Morgan fingerprint density at radius 2 is 1.73 bits per heavy atom. The maximum Gasteiger partial charge on any atom is 0.241 e. The van der Waals surface area contributed by atoms with Gasteiger partial charge in [-0.15, -0.1) is 0 Å². The number of hydrogen-bond donors (Lipinski definition) is 2. The molecule has 0 bridgehead atoms. The fourth-order valence-corrected chi connectivity index (χ4v) is 3.39. The van der Waals surface area contributed by atoms with Crippen molar-refractivity contribution in [3.63, 3.8) is 0 Å². The molecule has 6 heteroatoms. The summed E-state index contributed by atoms with van der Waals surface area (Å²) in [6.07, 6.45) is 7.09. The Morgan fingerprint density at radius 3 is 2.15 bits per heavy atom. The summed E-state index contributed by atoms with van der Waals surface area (Å²) in [6.45, 7) is 18.9. The number of rotatable bonds is 8. The summed E-state index contributed by atoms with van der Waals surface area (Å²) in [4.78, 5) is 12.1. The molecule has 1 amide bonds. The van der Waals surface area contributed by atoms with Crippen LogP contribution in [0.3, 0.4) is 0 Å². The summed E-state index contributed by atoms with van der Waals surface area (Å²) in [5.41, 5.74) is 5.69. The average molecular weight is 403 g/mol. The molecule has 0 heterocycles. The van der Waals surface area contributed by atoms with Crippen molar-refractivity contribution in [2.45, 2.75) is 91.6 Å². The second-order valence-electron chi connectivity index (χ2n) is 9.52. The lowest BCUT2D eigenvalue weighted by atomic mass is 9.87. The highest BCUT2D eigenvalue weighted by molar-refractivity contribution is 6.74. The Labute approximate surface area is 166 Å². The van der Waals surface area contributed by atoms with Crippen LogP contribution in [0, 0.1) is 5.41 Å². The maximum atomic E-state index is 12.1. The zero-order valence-electron chi connectivity index (χ0n) is 18.1. The van der Waals surface area contributed by atoms with Crippen LogP contribution >= 0.6 is 11.6 Å². The molecule has 0 unspecified atom stereocenters. The summed E-state index contributed by atoms with van der Waals surface area (Å²) in [6, 6.07) is -0.548. The third kappa shape index (κ3) is 9.35. The predicted molar refractivity (Wildman–Crippen MR) is 116 cm³/mol. The Hall–Kier alpha value is -0.623. The van der Waals surface area contributed by atoms with Gasteiger partial charge in [0.05, 0.1) is 12.1 Å². The van der Waals surface area contributed by atoms with Gasteiger partial charge in [-0.2, -0.15) is 0 Å². The minimum Gasteiger partial charge on any atom is -0.413 e. The molecule has 0 saturated heterocycles. The van der Waals surface area contributed by atoms with Crippen molar-refractivity contribution in [3.8, 4) is 0 Å². The van der Waals surface area contributed by atoms with Crippen LogP contribution in [0.2, 0.25) is 18.1 Å². The number of carbonyl (C=O) groups excluding carboxylic acids is 1. The largest absolute Gasteiger partial charge is 0.413 e. The molecular weight excluding hydrogens is 364 g/mol. The third-order valence-electron chi connectivity index (χ3n) is 4.89. The van der Waals surface area contributed by atoms with Gasteiger partial charge in [-0.05, 0) is 49.5 Å². The lowest BCUT2D eigenvalue weighted by Crippen LogP contribution is -2.47. The zero-order valence-corrected chi connectivity index (χ0v) is 19.8. The molecule has 0 aliphatic heterocycles. The SMILES string of the molecule is C/C(Cl)=C\C[C@@H](C/C=C\NC(=O)[C@@H](N)C(C)(C)C)O[Si](C)(C)C(C)(C)C. The standard InChI is InChI=1S/C20H39ClN2O2Si/c1-15(21)12-13-16(25-26(8,9)20(5,6)7)11-10-14-23-18(24)17(22)19(2,3)4/h10,12,14,16-17H,11,13,22H2,1-9H3,(H,23,24)/b14-10-,15-12+/t16-,17-/m1/s1. The van der Waals surface area contributed by atoms with Crippen LogP contribution in [0.5, 0.6) is 0 Å². The Bertz CT molecular complexity index is 513. The van der Waals surface area contributed by atoms with E-state index in [-0.39, 0.29) is 22.5 Å². The third-order valence-corrected chi connectivity index (χ3v) is 9.58. The molecule has 0 aliphatic rings. The summed E-state index contributed by atoms with van der Waals surface area (Å²) >= 11 is 5.99. The normalized spacial score (nSPS) is 16.7. The van der Waals surface area contributed by atoms with Crippen molar-refractivity contribution in [3.05, 3.63) is 23.4 Å². The summed E-state index contributed by atoms with van der Waals surface area (Å²) in [5, 5.41) is 3.68. The van der Waals surface area contributed by atoms with Gasteiger partial charge in [0.1, 0.15) is 0 Å². The molecule has 3 N–H and O–H groups in total. The molecule has 0 aromatic heterocycles.